The Bertz CT molecular complexity index is 1010. The van der Waals surface area contributed by atoms with E-state index in [0.29, 0.717) is 10.2 Å². The SMILES string of the molecule is O=C(Sc1ccccc1)C12CC3CC(CC(C3)C1)C2.O=C(Sc1ccccc1)C12CC3CC(CC(C3)C1)C2. The maximum atomic E-state index is 12.8. The van der Waals surface area contributed by atoms with Crippen LogP contribution in [0.1, 0.15) is 77.0 Å². The van der Waals surface area contributed by atoms with Gasteiger partial charge in [0.1, 0.15) is 0 Å². The van der Waals surface area contributed by atoms with Gasteiger partial charge < -0.3 is 0 Å². The van der Waals surface area contributed by atoms with Gasteiger partial charge in [0.15, 0.2) is 10.2 Å². The average Bonchev–Trinajstić information content (AvgIpc) is 2.89. The number of hydrogen-bond donors (Lipinski definition) is 0. The van der Waals surface area contributed by atoms with Crippen molar-refractivity contribution in [3.63, 3.8) is 0 Å². The van der Waals surface area contributed by atoms with Crippen LogP contribution in [-0.2, 0) is 9.59 Å². The third-order valence-electron chi connectivity index (χ3n) is 10.9. The average molecular weight is 545 g/mol. The molecule has 10 rings (SSSR count). The van der Waals surface area contributed by atoms with Crippen LogP contribution < -0.4 is 0 Å². The lowest BCUT2D eigenvalue weighted by molar-refractivity contribution is -0.134. The fourth-order valence-corrected chi connectivity index (χ4v) is 12.1. The van der Waals surface area contributed by atoms with E-state index in [-0.39, 0.29) is 10.8 Å². The summed E-state index contributed by atoms with van der Waals surface area (Å²) >= 11 is 2.99. The summed E-state index contributed by atoms with van der Waals surface area (Å²) in [5.41, 5.74) is 0.0739. The lowest BCUT2D eigenvalue weighted by atomic mass is 9.50. The minimum atomic E-state index is 0.0370. The first-order chi connectivity index (χ1) is 18.5. The maximum Gasteiger partial charge on any atom is 0.199 e. The van der Waals surface area contributed by atoms with Gasteiger partial charge >= 0.3 is 0 Å². The molecule has 8 aliphatic carbocycles. The van der Waals surface area contributed by atoms with Crippen molar-refractivity contribution in [1.29, 1.82) is 0 Å². The van der Waals surface area contributed by atoms with Crippen molar-refractivity contribution in [3.8, 4) is 0 Å². The topological polar surface area (TPSA) is 34.1 Å². The number of hydrogen-bond acceptors (Lipinski definition) is 4. The summed E-state index contributed by atoms with van der Waals surface area (Å²) < 4.78 is 0. The largest absolute Gasteiger partial charge is 0.286 e. The third-order valence-corrected chi connectivity index (χ3v) is 13.1. The fourth-order valence-electron chi connectivity index (χ4n) is 10.1. The van der Waals surface area contributed by atoms with Crippen LogP contribution in [0.3, 0.4) is 0 Å². The van der Waals surface area contributed by atoms with Crippen molar-refractivity contribution in [1.82, 2.24) is 0 Å². The molecule has 0 saturated heterocycles. The molecule has 0 aromatic heterocycles. The molecule has 2 aromatic rings. The van der Waals surface area contributed by atoms with Crippen molar-refractivity contribution in [2.24, 2.45) is 46.3 Å². The van der Waals surface area contributed by atoms with Crippen LogP contribution in [0.4, 0.5) is 0 Å². The highest BCUT2D eigenvalue weighted by Gasteiger charge is 2.55. The molecule has 8 aliphatic rings. The monoisotopic (exact) mass is 544 g/mol. The van der Waals surface area contributed by atoms with Gasteiger partial charge in [-0.05, 0) is 137 Å². The highest BCUT2D eigenvalue weighted by atomic mass is 32.2. The fraction of sp³-hybridized carbons (Fsp3) is 0.588. The third kappa shape index (κ3) is 4.94. The zero-order valence-corrected chi connectivity index (χ0v) is 24.0. The second kappa shape index (κ2) is 10.1. The molecule has 0 amide bonds. The zero-order chi connectivity index (χ0) is 25.7. The predicted octanol–water partition coefficient (Wildman–Crippen LogP) is 9.04. The van der Waals surface area contributed by atoms with Gasteiger partial charge in [-0.15, -0.1) is 0 Å². The Kier molecular flexibility index (Phi) is 6.79. The standard InChI is InChI=1S/2C17H20OS/c2*18-16(19-15-4-2-1-3-5-15)17-9-12-6-13(10-17)8-14(7-12)11-17/h2*1-5,12-14H,6-11H2. The molecule has 0 aliphatic heterocycles. The molecule has 38 heavy (non-hydrogen) atoms. The first-order valence-electron chi connectivity index (χ1n) is 15.0. The molecule has 8 fully saturated rings. The molecule has 4 heteroatoms. The summed E-state index contributed by atoms with van der Waals surface area (Å²) in [6.07, 6.45) is 15.5. The number of carbonyl (C=O) groups excluding carboxylic acids is 2. The van der Waals surface area contributed by atoms with E-state index in [4.69, 9.17) is 0 Å². The van der Waals surface area contributed by atoms with E-state index >= 15 is 0 Å². The molecular formula is C34H40O2S2. The Balaban J connectivity index is 0.000000127. The van der Waals surface area contributed by atoms with Crippen LogP contribution in [0.25, 0.3) is 0 Å². The molecule has 2 aromatic carbocycles. The maximum absolute atomic E-state index is 12.8. The minimum Gasteiger partial charge on any atom is -0.286 e. The molecule has 0 atom stereocenters. The van der Waals surface area contributed by atoms with Crippen LogP contribution >= 0.6 is 23.5 Å². The van der Waals surface area contributed by atoms with Gasteiger partial charge in [0.05, 0.1) is 0 Å². The van der Waals surface area contributed by atoms with Crippen LogP contribution in [-0.4, -0.2) is 10.2 Å². The van der Waals surface area contributed by atoms with Crippen molar-refractivity contribution < 1.29 is 9.59 Å². The quantitative estimate of drug-likeness (QED) is 0.360. The van der Waals surface area contributed by atoms with E-state index in [1.54, 1.807) is 0 Å². The van der Waals surface area contributed by atoms with E-state index < -0.39 is 0 Å². The van der Waals surface area contributed by atoms with Crippen LogP contribution in [0, 0.1) is 46.3 Å². The van der Waals surface area contributed by atoms with Crippen LogP contribution in [0.2, 0.25) is 0 Å². The van der Waals surface area contributed by atoms with Gasteiger partial charge in [0.2, 0.25) is 0 Å². The van der Waals surface area contributed by atoms with E-state index in [9.17, 15) is 9.59 Å². The first kappa shape index (κ1) is 25.4. The van der Waals surface area contributed by atoms with Gasteiger partial charge in [0, 0.05) is 20.6 Å². The normalized spacial score (nSPS) is 39.5. The Morgan fingerprint density at radius 2 is 0.737 bits per heavy atom. The number of rotatable bonds is 4. The Labute approximate surface area is 236 Å². The minimum absolute atomic E-state index is 0.0370. The molecule has 8 bridgehead atoms. The van der Waals surface area contributed by atoms with Crippen molar-refractivity contribution in [2.75, 3.05) is 0 Å². The molecule has 2 nitrogen and oxygen atoms in total. The summed E-state index contributed by atoms with van der Waals surface area (Å²) in [6, 6.07) is 20.4. The highest BCUT2D eigenvalue weighted by Crippen LogP contribution is 2.62. The molecule has 0 heterocycles. The van der Waals surface area contributed by atoms with Crippen molar-refractivity contribution in [2.45, 2.75) is 86.8 Å². The van der Waals surface area contributed by atoms with Crippen molar-refractivity contribution >= 4 is 33.8 Å². The predicted molar refractivity (Wildman–Crippen MR) is 156 cm³/mol. The summed E-state index contributed by atoms with van der Waals surface area (Å²) in [6.45, 7) is 0. The number of thioether (sulfide) groups is 2. The number of carbonyl (C=O) groups is 2. The van der Waals surface area contributed by atoms with Gasteiger partial charge in [0.25, 0.3) is 0 Å². The molecule has 0 spiro atoms. The Hall–Kier alpha value is -1.52. The molecule has 8 saturated carbocycles. The first-order valence-corrected chi connectivity index (χ1v) is 16.6. The number of benzene rings is 2. The lowest BCUT2D eigenvalue weighted by Gasteiger charge is -2.55. The molecule has 200 valence electrons. The van der Waals surface area contributed by atoms with Crippen LogP contribution in [0.5, 0.6) is 0 Å². The second-order valence-corrected chi connectivity index (χ2v) is 15.9. The molecular weight excluding hydrogens is 505 g/mol. The van der Waals surface area contributed by atoms with E-state index in [2.05, 4.69) is 24.3 Å². The van der Waals surface area contributed by atoms with Gasteiger partial charge in [-0.3, -0.25) is 9.59 Å². The summed E-state index contributed by atoms with van der Waals surface area (Å²) in [7, 11) is 0. The summed E-state index contributed by atoms with van der Waals surface area (Å²) in [5.74, 6) is 5.12. The van der Waals surface area contributed by atoms with Gasteiger partial charge in [-0.25, -0.2) is 0 Å². The summed E-state index contributed by atoms with van der Waals surface area (Å²) in [4.78, 5) is 27.9. The van der Waals surface area contributed by atoms with Crippen LogP contribution in [0.15, 0.2) is 70.5 Å². The highest BCUT2D eigenvalue weighted by molar-refractivity contribution is 8.14. The summed E-state index contributed by atoms with van der Waals surface area (Å²) in [5, 5.41) is 0.913. The van der Waals surface area contributed by atoms with E-state index in [1.807, 2.05) is 36.4 Å². The molecule has 0 unspecified atom stereocenters. The Morgan fingerprint density at radius 1 is 0.474 bits per heavy atom. The van der Waals surface area contributed by atoms with Gasteiger partial charge in [-0.2, -0.15) is 0 Å². The lowest BCUT2D eigenvalue weighted by Crippen LogP contribution is -2.49. The van der Waals surface area contributed by atoms with E-state index in [0.717, 1.165) is 45.3 Å². The van der Waals surface area contributed by atoms with Gasteiger partial charge in [-0.1, -0.05) is 59.9 Å². The molecule has 0 radical (unpaired) electrons. The smallest absolute Gasteiger partial charge is 0.199 e. The second-order valence-electron chi connectivity index (χ2n) is 13.8. The van der Waals surface area contributed by atoms with Crippen molar-refractivity contribution in [3.05, 3.63) is 60.7 Å². The Morgan fingerprint density at radius 3 is 1.00 bits per heavy atom. The van der Waals surface area contributed by atoms with E-state index in [1.165, 1.54) is 101 Å². The zero-order valence-electron chi connectivity index (χ0n) is 22.4. The molecule has 0 N–H and O–H groups in total.